The highest BCUT2D eigenvalue weighted by Crippen LogP contribution is 2.22. The van der Waals surface area contributed by atoms with E-state index in [1.807, 2.05) is 42.9 Å². The molecule has 0 aliphatic carbocycles. The number of rotatable bonds is 4. The van der Waals surface area contributed by atoms with Gasteiger partial charge in [0.2, 0.25) is 0 Å². The first kappa shape index (κ1) is 18.9. The maximum absolute atomic E-state index is 4.68. The van der Waals surface area contributed by atoms with Crippen molar-refractivity contribution in [3.8, 4) is 16.9 Å². The summed E-state index contributed by atoms with van der Waals surface area (Å²) in [5.74, 6) is 0. The van der Waals surface area contributed by atoms with E-state index >= 15 is 0 Å². The van der Waals surface area contributed by atoms with E-state index in [4.69, 9.17) is 0 Å². The molecule has 3 rings (SSSR count). The summed E-state index contributed by atoms with van der Waals surface area (Å²) >= 11 is 0. The molecule has 0 atom stereocenters. The lowest BCUT2D eigenvalue weighted by atomic mass is 10.1. The molecular weight excluding hydrogens is 332 g/mol. The second-order valence-electron chi connectivity index (χ2n) is 7.14. The predicted molar refractivity (Wildman–Crippen MR) is 115 cm³/mol. The zero-order valence-corrected chi connectivity index (χ0v) is 17.1. The fraction of sp³-hybridized carbons (Fsp3) is 0.304. The molecule has 2 heterocycles. The van der Waals surface area contributed by atoms with Gasteiger partial charge < -0.3 is 4.98 Å². The van der Waals surface area contributed by atoms with Crippen molar-refractivity contribution < 1.29 is 0 Å². The predicted octanol–water partition coefficient (Wildman–Crippen LogP) is 4.37. The summed E-state index contributed by atoms with van der Waals surface area (Å²) in [5.41, 5.74) is 7.79. The van der Waals surface area contributed by atoms with E-state index in [1.165, 1.54) is 10.8 Å². The second-order valence-corrected chi connectivity index (χ2v) is 7.14. The summed E-state index contributed by atoms with van der Waals surface area (Å²) in [6.07, 6.45) is 2.95. The monoisotopic (exact) mass is 360 g/mol. The minimum Gasteiger partial charge on any atom is -0.353 e. The molecule has 3 aromatic rings. The van der Waals surface area contributed by atoms with Crippen LogP contribution in [-0.4, -0.2) is 20.5 Å². The number of aromatic nitrogens is 3. The van der Waals surface area contributed by atoms with Gasteiger partial charge in [-0.05, 0) is 59.2 Å². The minimum atomic E-state index is 1.01. The SMILES string of the molecule is CC/C(C)=c1\cc(-c2cnn(-c3ccccc3)c2C)[nH]\c1=C(/C)N=C(C)C. The summed E-state index contributed by atoms with van der Waals surface area (Å²) in [4.78, 5) is 8.28. The van der Waals surface area contributed by atoms with Crippen molar-refractivity contribution in [2.45, 2.75) is 48.0 Å². The number of aromatic amines is 1. The van der Waals surface area contributed by atoms with E-state index in [0.717, 1.165) is 45.8 Å². The molecule has 0 unspecified atom stereocenters. The Balaban J connectivity index is 2.22. The molecule has 0 fully saturated rings. The van der Waals surface area contributed by atoms with Crippen LogP contribution in [0.15, 0.2) is 47.6 Å². The highest BCUT2D eigenvalue weighted by atomic mass is 15.3. The largest absolute Gasteiger partial charge is 0.353 e. The lowest BCUT2D eigenvalue weighted by Crippen LogP contribution is -2.26. The maximum Gasteiger partial charge on any atom is 0.0673 e. The lowest BCUT2D eigenvalue weighted by molar-refractivity contribution is 0.847. The smallest absolute Gasteiger partial charge is 0.0673 e. The van der Waals surface area contributed by atoms with Gasteiger partial charge in [0.15, 0.2) is 0 Å². The van der Waals surface area contributed by atoms with E-state index < -0.39 is 0 Å². The summed E-state index contributed by atoms with van der Waals surface area (Å²) in [5, 5.41) is 6.95. The number of benzene rings is 1. The molecule has 140 valence electrons. The molecule has 0 aliphatic rings. The Labute approximate surface area is 161 Å². The summed E-state index contributed by atoms with van der Waals surface area (Å²) in [7, 11) is 0. The Hall–Kier alpha value is -2.88. The Bertz CT molecular complexity index is 1090. The van der Waals surface area contributed by atoms with Gasteiger partial charge in [0.25, 0.3) is 0 Å². The van der Waals surface area contributed by atoms with Crippen LogP contribution in [0.25, 0.3) is 28.2 Å². The highest BCUT2D eigenvalue weighted by Gasteiger charge is 2.12. The molecule has 0 saturated heterocycles. The molecule has 0 bridgehead atoms. The van der Waals surface area contributed by atoms with Crippen molar-refractivity contribution >= 4 is 17.0 Å². The fourth-order valence-corrected chi connectivity index (χ4v) is 3.31. The third-order valence-corrected chi connectivity index (χ3v) is 4.86. The molecule has 2 aromatic heterocycles. The first-order chi connectivity index (χ1) is 12.9. The molecule has 1 N–H and O–H groups in total. The van der Waals surface area contributed by atoms with Crippen LogP contribution in [0.1, 0.15) is 46.7 Å². The van der Waals surface area contributed by atoms with E-state index in [-0.39, 0.29) is 0 Å². The zero-order chi connectivity index (χ0) is 19.6. The molecule has 0 amide bonds. The normalized spacial score (nSPS) is 13.4. The van der Waals surface area contributed by atoms with Gasteiger partial charge in [0.1, 0.15) is 0 Å². The quantitative estimate of drug-likeness (QED) is 0.690. The Morgan fingerprint density at radius 2 is 1.81 bits per heavy atom. The molecule has 0 radical (unpaired) electrons. The molecule has 4 heteroatoms. The van der Waals surface area contributed by atoms with Gasteiger partial charge in [-0.15, -0.1) is 0 Å². The number of aliphatic imine (C=N–C) groups is 1. The minimum absolute atomic E-state index is 1.01. The van der Waals surface area contributed by atoms with Crippen LogP contribution >= 0.6 is 0 Å². The summed E-state index contributed by atoms with van der Waals surface area (Å²) in [6, 6.07) is 12.5. The van der Waals surface area contributed by atoms with Gasteiger partial charge in [-0.1, -0.05) is 30.7 Å². The molecule has 1 aromatic carbocycles. The van der Waals surface area contributed by atoms with Crippen LogP contribution in [0.4, 0.5) is 0 Å². The van der Waals surface area contributed by atoms with Gasteiger partial charge in [0.05, 0.1) is 28.6 Å². The molecule has 0 aliphatic heterocycles. The maximum atomic E-state index is 4.68. The van der Waals surface area contributed by atoms with Crippen LogP contribution in [0.5, 0.6) is 0 Å². The number of hydrogen-bond donors (Lipinski definition) is 1. The lowest BCUT2D eigenvalue weighted by Gasteiger charge is -2.04. The molecule has 4 nitrogen and oxygen atoms in total. The Morgan fingerprint density at radius 3 is 2.44 bits per heavy atom. The third-order valence-electron chi connectivity index (χ3n) is 4.86. The summed E-state index contributed by atoms with van der Waals surface area (Å²) < 4.78 is 1.98. The van der Waals surface area contributed by atoms with Crippen molar-refractivity contribution in [1.82, 2.24) is 14.8 Å². The van der Waals surface area contributed by atoms with Gasteiger partial charge >= 0.3 is 0 Å². The van der Waals surface area contributed by atoms with E-state index in [2.05, 4.69) is 61.0 Å². The van der Waals surface area contributed by atoms with E-state index in [1.54, 1.807) is 0 Å². The van der Waals surface area contributed by atoms with Crippen LogP contribution in [-0.2, 0) is 0 Å². The second kappa shape index (κ2) is 7.78. The number of H-pyrrole nitrogens is 1. The number of hydrogen-bond acceptors (Lipinski definition) is 2. The molecule has 0 saturated carbocycles. The van der Waals surface area contributed by atoms with Crippen LogP contribution in [0.2, 0.25) is 0 Å². The van der Waals surface area contributed by atoms with Crippen LogP contribution in [0.3, 0.4) is 0 Å². The first-order valence-electron chi connectivity index (χ1n) is 9.44. The van der Waals surface area contributed by atoms with Crippen molar-refractivity contribution in [2.75, 3.05) is 0 Å². The highest BCUT2D eigenvalue weighted by molar-refractivity contribution is 5.83. The average Bonchev–Trinajstić information content (AvgIpc) is 3.25. The zero-order valence-electron chi connectivity index (χ0n) is 17.1. The molecule has 0 spiro atoms. The topological polar surface area (TPSA) is 46.0 Å². The first-order valence-corrected chi connectivity index (χ1v) is 9.44. The van der Waals surface area contributed by atoms with Gasteiger partial charge in [-0.3, -0.25) is 4.99 Å². The number of nitrogens with one attached hydrogen (secondary N) is 1. The van der Waals surface area contributed by atoms with Gasteiger partial charge in [0, 0.05) is 22.2 Å². The van der Waals surface area contributed by atoms with Gasteiger partial charge in [-0.2, -0.15) is 5.10 Å². The van der Waals surface area contributed by atoms with E-state index in [9.17, 15) is 0 Å². The molecular formula is C23H28N4. The number of nitrogens with zero attached hydrogens (tertiary/aromatic N) is 3. The Morgan fingerprint density at radius 1 is 1.11 bits per heavy atom. The van der Waals surface area contributed by atoms with E-state index in [0.29, 0.717) is 0 Å². The van der Waals surface area contributed by atoms with Gasteiger partial charge in [-0.25, -0.2) is 4.68 Å². The van der Waals surface area contributed by atoms with Crippen molar-refractivity contribution in [3.05, 3.63) is 58.9 Å². The standard InChI is InChI=1S/C23H28N4/c1-7-16(4)20-13-22(26-23(20)17(5)25-15(2)3)21-14-24-27(18(21)6)19-11-9-8-10-12-19/h8-14,26H,7H2,1-6H3/b20-16+,23-17+. The van der Waals surface area contributed by atoms with Crippen molar-refractivity contribution in [3.63, 3.8) is 0 Å². The molecule has 27 heavy (non-hydrogen) atoms. The Kier molecular flexibility index (Phi) is 5.45. The van der Waals surface area contributed by atoms with Crippen molar-refractivity contribution in [1.29, 1.82) is 0 Å². The van der Waals surface area contributed by atoms with Crippen molar-refractivity contribution in [2.24, 2.45) is 4.99 Å². The number of para-hydroxylation sites is 1. The van der Waals surface area contributed by atoms with Crippen LogP contribution < -0.4 is 10.6 Å². The summed E-state index contributed by atoms with van der Waals surface area (Å²) in [6.45, 7) is 12.6. The third kappa shape index (κ3) is 3.80. The fourth-order valence-electron chi connectivity index (χ4n) is 3.31. The average molecular weight is 361 g/mol. The van der Waals surface area contributed by atoms with Crippen LogP contribution in [0, 0.1) is 6.92 Å².